The van der Waals surface area contributed by atoms with E-state index in [4.69, 9.17) is 14.6 Å². The number of nitrogens with zero attached hydrogens (tertiary/aromatic N) is 1. The quantitative estimate of drug-likeness (QED) is 0.260. The first-order chi connectivity index (χ1) is 17.6. The van der Waals surface area contributed by atoms with Crippen molar-refractivity contribution >= 4 is 13.3 Å². The summed E-state index contributed by atoms with van der Waals surface area (Å²) < 4.78 is 32.7. The van der Waals surface area contributed by atoms with Crippen LogP contribution in [-0.4, -0.2) is 46.7 Å². The number of aliphatic hydroxyl groups excluding tert-OH is 1. The summed E-state index contributed by atoms with van der Waals surface area (Å²) in [5.74, 6) is -1.45. The number of rotatable bonds is 12. The monoisotopic (exact) mass is 527 g/mol. The van der Waals surface area contributed by atoms with Crippen LogP contribution in [0.15, 0.2) is 54.6 Å². The third-order valence-corrected chi connectivity index (χ3v) is 8.99. The lowest BCUT2D eigenvalue weighted by atomic mass is 9.86. The molecule has 37 heavy (non-hydrogen) atoms. The van der Waals surface area contributed by atoms with E-state index in [1.807, 2.05) is 44.2 Å². The molecule has 0 spiro atoms. The molecule has 2 atom stereocenters. The zero-order valence-electron chi connectivity index (χ0n) is 21.8. The Bertz CT molecular complexity index is 1260. The SMILES string of the molecule is CCc1c(-c2ccccc2)nc(C(C)C)c(CCP(=O)(C[C@@H](O)CC(=O)O)OC)c1-c1ccc(F)cc1. The van der Waals surface area contributed by atoms with E-state index in [2.05, 4.69) is 6.92 Å². The molecule has 0 aliphatic rings. The van der Waals surface area contributed by atoms with Gasteiger partial charge in [0.1, 0.15) is 5.82 Å². The standard InChI is InChI=1S/C29H35FNO5P/c1-5-24-27(20-11-13-22(30)14-12-20)25(15-16-37(35,36-4)18-23(32)17-26(33)34)28(19(2)3)31-29(24)21-9-7-6-8-10-21/h6-14,19,23,32H,5,15-18H2,1-4H3,(H,33,34)/t23-,37?/m0/s1. The largest absolute Gasteiger partial charge is 0.481 e. The highest BCUT2D eigenvalue weighted by atomic mass is 31.2. The van der Waals surface area contributed by atoms with E-state index in [0.29, 0.717) is 12.8 Å². The lowest BCUT2D eigenvalue weighted by Gasteiger charge is -2.25. The van der Waals surface area contributed by atoms with Crippen LogP contribution in [0.3, 0.4) is 0 Å². The Morgan fingerprint density at radius 3 is 2.24 bits per heavy atom. The van der Waals surface area contributed by atoms with Gasteiger partial charge in [-0.05, 0) is 53.1 Å². The first kappa shape index (κ1) is 28.7. The summed E-state index contributed by atoms with van der Waals surface area (Å²) in [5.41, 5.74) is 6.39. The molecule has 1 heterocycles. The molecule has 0 saturated heterocycles. The van der Waals surface area contributed by atoms with Crippen LogP contribution < -0.4 is 0 Å². The molecule has 2 N–H and O–H groups in total. The van der Waals surface area contributed by atoms with Crippen LogP contribution in [0.2, 0.25) is 0 Å². The van der Waals surface area contributed by atoms with E-state index >= 15 is 0 Å². The number of carboxylic acid groups (broad SMARTS) is 1. The lowest BCUT2D eigenvalue weighted by Crippen LogP contribution is -2.19. The predicted molar refractivity (Wildman–Crippen MR) is 145 cm³/mol. The van der Waals surface area contributed by atoms with E-state index in [-0.39, 0.29) is 24.1 Å². The van der Waals surface area contributed by atoms with Gasteiger partial charge >= 0.3 is 5.97 Å². The fraction of sp³-hybridized carbons (Fsp3) is 0.379. The molecule has 0 amide bonds. The minimum atomic E-state index is -3.34. The number of carboxylic acids is 1. The summed E-state index contributed by atoms with van der Waals surface area (Å²) in [6.07, 6.45) is -0.874. The Balaban J connectivity index is 2.18. The normalized spacial score (nSPS) is 13.9. The molecular formula is C29H35FNO5P. The summed E-state index contributed by atoms with van der Waals surface area (Å²) >= 11 is 0. The number of hydrogen-bond acceptors (Lipinski definition) is 5. The van der Waals surface area contributed by atoms with Crippen LogP contribution in [0.25, 0.3) is 22.4 Å². The van der Waals surface area contributed by atoms with Crippen molar-refractivity contribution in [2.24, 2.45) is 0 Å². The van der Waals surface area contributed by atoms with Gasteiger partial charge < -0.3 is 14.7 Å². The molecule has 2 aromatic carbocycles. The topological polar surface area (TPSA) is 96.7 Å². The van der Waals surface area contributed by atoms with Crippen molar-refractivity contribution < 1.29 is 28.5 Å². The van der Waals surface area contributed by atoms with Crippen molar-refractivity contribution in [3.8, 4) is 22.4 Å². The Labute approximate surface area is 218 Å². The molecule has 8 heteroatoms. The van der Waals surface area contributed by atoms with Gasteiger partial charge in [0.15, 0.2) is 0 Å². The van der Waals surface area contributed by atoms with Crippen molar-refractivity contribution in [1.82, 2.24) is 4.98 Å². The first-order valence-electron chi connectivity index (χ1n) is 12.5. The number of halogens is 1. The van der Waals surface area contributed by atoms with Crippen LogP contribution in [0.1, 0.15) is 49.9 Å². The number of pyridine rings is 1. The summed E-state index contributed by atoms with van der Waals surface area (Å²) in [6, 6.07) is 16.3. The fourth-order valence-corrected chi connectivity index (χ4v) is 6.53. The van der Waals surface area contributed by atoms with Crippen LogP contribution in [0.5, 0.6) is 0 Å². The van der Waals surface area contributed by atoms with Crippen LogP contribution in [0.4, 0.5) is 4.39 Å². The average Bonchev–Trinajstić information content (AvgIpc) is 2.87. The number of hydrogen-bond donors (Lipinski definition) is 2. The van der Waals surface area contributed by atoms with E-state index in [9.17, 15) is 18.9 Å². The summed E-state index contributed by atoms with van der Waals surface area (Å²) in [7, 11) is -2.02. The molecule has 0 radical (unpaired) electrons. The molecule has 6 nitrogen and oxygen atoms in total. The van der Waals surface area contributed by atoms with Crippen LogP contribution >= 0.6 is 7.37 Å². The maximum atomic E-state index is 13.9. The first-order valence-corrected chi connectivity index (χ1v) is 14.5. The second kappa shape index (κ2) is 12.6. The van der Waals surface area contributed by atoms with E-state index in [1.54, 1.807) is 12.1 Å². The molecule has 198 valence electrons. The third kappa shape index (κ3) is 7.13. The average molecular weight is 528 g/mol. The molecule has 1 aromatic heterocycles. The number of aliphatic hydroxyl groups is 1. The molecule has 0 fully saturated rings. The van der Waals surface area contributed by atoms with Gasteiger partial charge in [0.25, 0.3) is 0 Å². The van der Waals surface area contributed by atoms with Gasteiger partial charge in [-0.3, -0.25) is 14.3 Å². The minimum absolute atomic E-state index is 0.0436. The van der Waals surface area contributed by atoms with Crippen molar-refractivity contribution in [3.63, 3.8) is 0 Å². The second-order valence-electron chi connectivity index (χ2n) is 9.46. The molecule has 3 aromatic rings. The van der Waals surface area contributed by atoms with Crippen molar-refractivity contribution in [2.75, 3.05) is 19.4 Å². The number of benzene rings is 2. The van der Waals surface area contributed by atoms with E-state index in [1.165, 1.54) is 19.2 Å². The van der Waals surface area contributed by atoms with Gasteiger partial charge in [0.2, 0.25) is 7.37 Å². The van der Waals surface area contributed by atoms with Crippen LogP contribution in [0, 0.1) is 5.82 Å². The van der Waals surface area contributed by atoms with E-state index < -0.39 is 25.9 Å². The maximum Gasteiger partial charge on any atom is 0.305 e. The molecule has 0 aliphatic carbocycles. The van der Waals surface area contributed by atoms with Gasteiger partial charge in [-0.1, -0.05) is 63.2 Å². The molecule has 3 rings (SSSR count). The Kier molecular flexibility index (Phi) is 9.77. The smallest absolute Gasteiger partial charge is 0.305 e. The van der Waals surface area contributed by atoms with Crippen LogP contribution in [-0.2, 0) is 26.7 Å². The molecule has 0 bridgehead atoms. The van der Waals surface area contributed by atoms with Crippen molar-refractivity contribution in [1.29, 1.82) is 0 Å². The maximum absolute atomic E-state index is 13.9. The van der Waals surface area contributed by atoms with Crippen molar-refractivity contribution in [2.45, 2.75) is 52.1 Å². The van der Waals surface area contributed by atoms with Crippen molar-refractivity contribution in [3.05, 3.63) is 77.2 Å². The lowest BCUT2D eigenvalue weighted by molar-refractivity contribution is -0.138. The summed E-state index contributed by atoms with van der Waals surface area (Å²) in [4.78, 5) is 16.1. The fourth-order valence-electron chi connectivity index (χ4n) is 4.69. The number of aromatic nitrogens is 1. The number of carbonyl (C=O) groups is 1. The Morgan fingerprint density at radius 1 is 1.05 bits per heavy atom. The molecule has 1 unspecified atom stereocenters. The van der Waals surface area contributed by atoms with Gasteiger partial charge in [0, 0.05) is 24.5 Å². The Morgan fingerprint density at radius 2 is 1.70 bits per heavy atom. The highest BCUT2D eigenvalue weighted by Crippen LogP contribution is 2.49. The summed E-state index contributed by atoms with van der Waals surface area (Å²) in [6.45, 7) is 6.15. The Hall–Kier alpha value is -2.86. The highest BCUT2D eigenvalue weighted by Gasteiger charge is 2.29. The zero-order chi connectivity index (χ0) is 27.2. The molecule has 0 saturated carbocycles. The molecule has 0 aliphatic heterocycles. The van der Waals surface area contributed by atoms with E-state index in [0.717, 1.165) is 39.2 Å². The van der Waals surface area contributed by atoms with Gasteiger partial charge in [-0.25, -0.2) is 4.39 Å². The van der Waals surface area contributed by atoms with Gasteiger partial charge in [-0.2, -0.15) is 0 Å². The highest BCUT2D eigenvalue weighted by molar-refractivity contribution is 7.59. The second-order valence-corrected chi connectivity index (χ2v) is 12.3. The minimum Gasteiger partial charge on any atom is -0.481 e. The van der Waals surface area contributed by atoms with Gasteiger partial charge in [-0.15, -0.1) is 0 Å². The zero-order valence-corrected chi connectivity index (χ0v) is 22.7. The molecular weight excluding hydrogens is 492 g/mol. The predicted octanol–water partition coefficient (Wildman–Crippen LogP) is 6.54. The summed E-state index contributed by atoms with van der Waals surface area (Å²) in [5, 5.41) is 19.1. The number of aliphatic carboxylic acids is 1. The third-order valence-electron chi connectivity index (χ3n) is 6.45. The van der Waals surface area contributed by atoms with Gasteiger partial charge in [0.05, 0.1) is 24.4 Å².